The topological polar surface area (TPSA) is 48.6 Å². The average molecular weight is 379 g/mol. The van der Waals surface area contributed by atoms with E-state index in [4.69, 9.17) is 4.74 Å². The van der Waals surface area contributed by atoms with Crippen molar-refractivity contribution >= 4 is 11.9 Å². The lowest BCUT2D eigenvalue weighted by Gasteiger charge is -2.27. The average Bonchev–Trinajstić information content (AvgIpc) is 2.77. The van der Waals surface area contributed by atoms with Crippen LogP contribution < -0.4 is 9.64 Å². The lowest BCUT2D eigenvalue weighted by molar-refractivity contribution is 0.395. The van der Waals surface area contributed by atoms with Gasteiger partial charge in [-0.25, -0.2) is 4.99 Å². The summed E-state index contributed by atoms with van der Waals surface area (Å²) in [6, 6.07) is 28.2. The Labute approximate surface area is 171 Å². The van der Waals surface area contributed by atoms with Gasteiger partial charge in [0, 0.05) is 37.6 Å². The van der Waals surface area contributed by atoms with Crippen molar-refractivity contribution in [2.45, 2.75) is 5.92 Å². The van der Waals surface area contributed by atoms with Crippen LogP contribution in [0.15, 0.2) is 95.3 Å². The molecule has 1 unspecified atom stereocenters. The minimum Gasteiger partial charge on any atom is -0.438 e. The Morgan fingerprint density at radius 2 is 1.66 bits per heavy atom. The van der Waals surface area contributed by atoms with Crippen LogP contribution in [0.4, 0.5) is 5.69 Å². The third-order valence-electron chi connectivity index (χ3n) is 4.93. The molecule has 29 heavy (non-hydrogen) atoms. The fraction of sp³-hybridized carbons (Fsp3) is 0.120. The van der Waals surface area contributed by atoms with Crippen molar-refractivity contribution in [3.63, 3.8) is 0 Å². The van der Waals surface area contributed by atoms with E-state index in [1.807, 2.05) is 97.9 Å². The van der Waals surface area contributed by atoms with Crippen LogP contribution in [0, 0.1) is 11.3 Å². The molecule has 3 aromatic carbocycles. The van der Waals surface area contributed by atoms with Gasteiger partial charge in [-0.05, 0) is 17.2 Å². The summed E-state index contributed by atoms with van der Waals surface area (Å²) >= 11 is 0. The Morgan fingerprint density at radius 3 is 2.31 bits per heavy atom. The van der Waals surface area contributed by atoms with Gasteiger partial charge in [-0.3, -0.25) is 0 Å². The van der Waals surface area contributed by atoms with Crippen molar-refractivity contribution in [2.24, 2.45) is 4.99 Å². The summed E-state index contributed by atoms with van der Waals surface area (Å²) < 4.78 is 6.13. The highest BCUT2D eigenvalue weighted by Crippen LogP contribution is 2.44. The zero-order valence-corrected chi connectivity index (χ0v) is 16.4. The predicted octanol–water partition coefficient (Wildman–Crippen LogP) is 5.13. The smallest absolute Gasteiger partial charge is 0.234 e. The van der Waals surface area contributed by atoms with E-state index in [2.05, 4.69) is 11.1 Å². The number of fused-ring (bicyclic) bond motifs is 1. The van der Waals surface area contributed by atoms with Crippen molar-refractivity contribution in [3.05, 3.63) is 107 Å². The van der Waals surface area contributed by atoms with E-state index in [0.717, 1.165) is 28.1 Å². The molecule has 0 saturated heterocycles. The number of anilines is 1. The Kier molecular flexibility index (Phi) is 5.13. The second kappa shape index (κ2) is 8.04. The van der Waals surface area contributed by atoms with Gasteiger partial charge in [0.05, 0.1) is 5.92 Å². The standard InChI is InChI=1S/C25H21N3O/c1-28(2)20-13-14-21-23(15-20)29-25(27-17-18-9-5-3-6-10-18)22(16-26)24(21)19-11-7-4-8-12-19/h3-15,17,24H,1-2H3. The fourth-order valence-corrected chi connectivity index (χ4v) is 3.44. The lowest BCUT2D eigenvalue weighted by atomic mass is 9.83. The highest BCUT2D eigenvalue weighted by atomic mass is 16.5. The summed E-state index contributed by atoms with van der Waals surface area (Å²) in [7, 11) is 3.98. The van der Waals surface area contributed by atoms with E-state index in [1.54, 1.807) is 6.21 Å². The maximum atomic E-state index is 9.99. The molecule has 0 aromatic heterocycles. The molecule has 0 fully saturated rings. The summed E-state index contributed by atoms with van der Waals surface area (Å²) in [5, 5.41) is 9.99. The van der Waals surface area contributed by atoms with E-state index in [0.29, 0.717) is 11.5 Å². The number of allylic oxidation sites excluding steroid dienone is 1. The van der Waals surface area contributed by atoms with Crippen LogP contribution in [-0.4, -0.2) is 20.3 Å². The minimum absolute atomic E-state index is 0.218. The van der Waals surface area contributed by atoms with E-state index in [-0.39, 0.29) is 5.92 Å². The van der Waals surface area contributed by atoms with Gasteiger partial charge in [-0.15, -0.1) is 0 Å². The molecule has 0 amide bonds. The molecule has 1 heterocycles. The predicted molar refractivity (Wildman–Crippen MR) is 116 cm³/mol. The Bertz CT molecular complexity index is 1110. The first kappa shape index (κ1) is 18.5. The quantitative estimate of drug-likeness (QED) is 0.590. The number of hydrogen-bond donors (Lipinski definition) is 0. The molecule has 142 valence electrons. The summed E-state index contributed by atoms with van der Waals surface area (Å²) in [6.45, 7) is 0. The van der Waals surface area contributed by atoms with Gasteiger partial charge in [0.25, 0.3) is 0 Å². The van der Waals surface area contributed by atoms with Crippen LogP contribution in [0.5, 0.6) is 5.75 Å². The fourth-order valence-electron chi connectivity index (χ4n) is 3.44. The van der Waals surface area contributed by atoms with Gasteiger partial charge in [0.1, 0.15) is 17.4 Å². The van der Waals surface area contributed by atoms with Crippen LogP contribution >= 0.6 is 0 Å². The van der Waals surface area contributed by atoms with Gasteiger partial charge < -0.3 is 9.64 Å². The number of hydrogen-bond acceptors (Lipinski definition) is 4. The first-order valence-electron chi connectivity index (χ1n) is 9.45. The van der Waals surface area contributed by atoms with Gasteiger partial charge in [-0.1, -0.05) is 66.7 Å². The van der Waals surface area contributed by atoms with Crippen LogP contribution in [0.1, 0.15) is 22.6 Å². The molecule has 4 rings (SSSR count). The number of nitriles is 1. The van der Waals surface area contributed by atoms with Crippen molar-refractivity contribution in [1.82, 2.24) is 0 Å². The largest absolute Gasteiger partial charge is 0.438 e. The van der Waals surface area contributed by atoms with Crippen molar-refractivity contribution in [1.29, 1.82) is 5.26 Å². The first-order chi connectivity index (χ1) is 14.2. The molecule has 4 heteroatoms. The third-order valence-corrected chi connectivity index (χ3v) is 4.93. The molecular formula is C25H21N3O. The maximum Gasteiger partial charge on any atom is 0.234 e. The molecule has 0 N–H and O–H groups in total. The zero-order valence-electron chi connectivity index (χ0n) is 16.4. The molecule has 1 aliphatic rings. The normalized spacial score (nSPS) is 15.6. The monoisotopic (exact) mass is 379 g/mol. The second-order valence-electron chi connectivity index (χ2n) is 7.06. The zero-order chi connectivity index (χ0) is 20.2. The Hall–Kier alpha value is -3.84. The number of rotatable bonds is 4. The molecule has 4 nitrogen and oxygen atoms in total. The molecule has 1 aliphatic heterocycles. The number of nitrogens with zero attached hydrogens (tertiary/aromatic N) is 3. The van der Waals surface area contributed by atoms with E-state index >= 15 is 0 Å². The summed E-state index contributed by atoms with van der Waals surface area (Å²) in [6.07, 6.45) is 1.73. The molecule has 0 bridgehead atoms. The SMILES string of the molecule is CN(C)c1ccc2c(c1)OC(N=Cc1ccccc1)=C(C#N)C2c1ccccc1. The molecule has 0 radical (unpaired) electrons. The summed E-state index contributed by atoms with van der Waals surface area (Å²) in [4.78, 5) is 6.58. The number of benzene rings is 3. The van der Waals surface area contributed by atoms with Crippen LogP contribution in [0.3, 0.4) is 0 Å². The highest BCUT2D eigenvalue weighted by Gasteiger charge is 2.31. The van der Waals surface area contributed by atoms with Crippen LogP contribution in [0.25, 0.3) is 0 Å². The highest BCUT2D eigenvalue weighted by molar-refractivity contribution is 5.80. The van der Waals surface area contributed by atoms with Gasteiger partial charge in [0.15, 0.2) is 0 Å². The minimum atomic E-state index is -0.218. The maximum absolute atomic E-state index is 9.99. The molecule has 3 aromatic rings. The van der Waals surface area contributed by atoms with Crippen LogP contribution in [-0.2, 0) is 0 Å². The Morgan fingerprint density at radius 1 is 0.966 bits per heavy atom. The van der Waals surface area contributed by atoms with E-state index in [9.17, 15) is 5.26 Å². The Balaban J connectivity index is 1.85. The lowest BCUT2D eigenvalue weighted by Crippen LogP contribution is -2.17. The first-order valence-corrected chi connectivity index (χ1v) is 9.45. The second-order valence-corrected chi connectivity index (χ2v) is 7.06. The third kappa shape index (κ3) is 3.76. The number of aliphatic imine (C=N–C) groups is 1. The summed E-state index contributed by atoms with van der Waals surface area (Å²) in [5.41, 5.74) is 4.50. The molecule has 0 aliphatic carbocycles. The van der Waals surface area contributed by atoms with Crippen molar-refractivity contribution in [3.8, 4) is 11.8 Å². The molecule has 1 atom stereocenters. The molecule has 0 saturated carbocycles. The van der Waals surface area contributed by atoms with Gasteiger partial charge in [-0.2, -0.15) is 5.26 Å². The van der Waals surface area contributed by atoms with Gasteiger partial charge in [0.2, 0.25) is 5.88 Å². The van der Waals surface area contributed by atoms with E-state index in [1.165, 1.54) is 0 Å². The van der Waals surface area contributed by atoms with Crippen LogP contribution in [0.2, 0.25) is 0 Å². The van der Waals surface area contributed by atoms with Crippen molar-refractivity contribution < 1.29 is 4.74 Å². The molecule has 0 spiro atoms. The number of ether oxygens (including phenoxy) is 1. The van der Waals surface area contributed by atoms with Gasteiger partial charge >= 0.3 is 0 Å². The summed E-state index contributed by atoms with van der Waals surface area (Å²) in [5.74, 6) is 0.849. The van der Waals surface area contributed by atoms with Crippen molar-refractivity contribution in [2.75, 3.05) is 19.0 Å². The van der Waals surface area contributed by atoms with E-state index < -0.39 is 0 Å². The molecular weight excluding hydrogens is 358 g/mol.